The molecule has 1 atom stereocenters. The Morgan fingerprint density at radius 2 is 2.32 bits per heavy atom. The van der Waals surface area contributed by atoms with E-state index in [2.05, 4.69) is 20.4 Å². The summed E-state index contributed by atoms with van der Waals surface area (Å²) in [6.45, 7) is 2.80. The van der Waals surface area contributed by atoms with Crippen molar-refractivity contribution < 1.29 is 4.52 Å². The van der Waals surface area contributed by atoms with Crippen molar-refractivity contribution >= 4 is 0 Å². The summed E-state index contributed by atoms with van der Waals surface area (Å²) in [4.78, 5) is 19.2. The lowest BCUT2D eigenvalue weighted by Crippen LogP contribution is -2.27. The molecule has 1 aliphatic heterocycles. The van der Waals surface area contributed by atoms with Gasteiger partial charge in [-0.25, -0.2) is 0 Å². The van der Waals surface area contributed by atoms with E-state index in [4.69, 9.17) is 4.52 Å². The van der Waals surface area contributed by atoms with Gasteiger partial charge in [-0.1, -0.05) is 11.6 Å². The van der Waals surface area contributed by atoms with E-state index >= 15 is 0 Å². The molecule has 3 heterocycles. The van der Waals surface area contributed by atoms with Crippen LogP contribution in [-0.2, 0) is 0 Å². The molecule has 1 unspecified atom stereocenters. The van der Waals surface area contributed by atoms with Gasteiger partial charge in [-0.05, 0) is 26.3 Å². The minimum Gasteiger partial charge on any atom is -0.364 e. The molecule has 3 rings (SSSR count). The van der Waals surface area contributed by atoms with Gasteiger partial charge in [0.15, 0.2) is 11.3 Å². The Hall–Kier alpha value is -1.95. The van der Waals surface area contributed by atoms with Gasteiger partial charge in [0.2, 0.25) is 0 Å². The van der Waals surface area contributed by atoms with E-state index in [-0.39, 0.29) is 17.4 Å². The normalized spacial score (nSPS) is 19.5. The number of nitrogens with one attached hydrogen (secondary N) is 2. The zero-order valence-corrected chi connectivity index (χ0v) is 10.8. The highest BCUT2D eigenvalue weighted by molar-refractivity contribution is 5.50. The van der Waals surface area contributed by atoms with Crippen LogP contribution in [0.4, 0.5) is 0 Å². The maximum Gasteiger partial charge on any atom is 0.263 e. The van der Waals surface area contributed by atoms with E-state index in [1.807, 2.05) is 6.92 Å². The molecule has 0 saturated carbocycles. The van der Waals surface area contributed by atoms with Crippen LogP contribution in [0.5, 0.6) is 0 Å². The average molecular weight is 260 g/mol. The first-order valence-corrected chi connectivity index (χ1v) is 6.51. The van der Waals surface area contributed by atoms with Crippen LogP contribution in [0.25, 0.3) is 11.5 Å². The number of piperidine rings is 1. The highest BCUT2D eigenvalue weighted by atomic mass is 16.5. The molecule has 6 nitrogen and oxygen atoms in total. The SMILES string of the molecule is Cc1cc(=O)c(-c2nc(C3CCCCN3)no2)c[nH]1. The first-order chi connectivity index (χ1) is 9.24. The lowest BCUT2D eigenvalue weighted by Gasteiger charge is -2.19. The summed E-state index contributed by atoms with van der Waals surface area (Å²) in [5, 5.41) is 7.33. The Labute approximate surface area is 110 Å². The summed E-state index contributed by atoms with van der Waals surface area (Å²) < 4.78 is 5.20. The van der Waals surface area contributed by atoms with Crippen LogP contribution >= 0.6 is 0 Å². The number of aryl methyl sites for hydroxylation is 1. The minimum atomic E-state index is -0.108. The molecule has 100 valence electrons. The number of aromatic amines is 1. The molecule has 1 saturated heterocycles. The predicted octanol–water partition coefficient (Wildman–Crippen LogP) is 1.55. The molecule has 19 heavy (non-hydrogen) atoms. The molecule has 0 aromatic carbocycles. The minimum absolute atomic E-state index is 0.108. The lowest BCUT2D eigenvalue weighted by atomic mass is 10.0. The smallest absolute Gasteiger partial charge is 0.263 e. The molecule has 6 heteroatoms. The van der Waals surface area contributed by atoms with Crippen molar-refractivity contribution in [3.05, 3.63) is 34.0 Å². The third kappa shape index (κ3) is 2.44. The van der Waals surface area contributed by atoms with Gasteiger partial charge in [-0.15, -0.1) is 0 Å². The standard InChI is InChI=1S/C13H16N4O2/c1-8-6-11(18)9(7-15-8)13-16-12(17-19-13)10-4-2-3-5-14-10/h6-7,10,14H,2-5H2,1H3,(H,15,18). The zero-order chi connectivity index (χ0) is 13.2. The van der Waals surface area contributed by atoms with E-state index in [0.717, 1.165) is 25.1 Å². The molecule has 0 bridgehead atoms. The van der Waals surface area contributed by atoms with Gasteiger partial charge in [-0.2, -0.15) is 4.98 Å². The number of pyridine rings is 1. The fourth-order valence-electron chi connectivity index (χ4n) is 2.30. The molecule has 1 aliphatic rings. The summed E-state index contributed by atoms with van der Waals surface area (Å²) in [5.41, 5.74) is 1.12. The monoisotopic (exact) mass is 260 g/mol. The van der Waals surface area contributed by atoms with Gasteiger partial charge in [0.25, 0.3) is 5.89 Å². The Balaban J connectivity index is 1.90. The number of nitrogens with zero attached hydrogens (tertiary/aromatic N) is 2. The molecule has 0 amide bonds. The second-order valence-electron chi connectivity index (χ2n) is 4.85. The molecule has 1 fully saturated rings. The molecule has 0 aliphatic carbocycles. The summed E-state index contributed by atoms with van der Waals surface area (Å²) in [7, 11) is 0. The Bertz CT molecular complexity index is 626. The molecule has 2 aromatic heterocycles. The van der Waals surface area contributed by atoms with Gasteiger partial charge in [0, 0.05) is 18.0 Å². The molecule has 2 aromatic rings. The van der Waals surface area contributed by atoms with Crippen LogP contribution in [-0.4, -0.2) is 21.7 Å². The molecule has 0 spiro atoms. The first-order valence-electron chi connectivity index (χ1n) is 6.51. The molecular formula is C13H16N4O2. The van der Waals surface area contributed by atoms with E-state index in [0.29, 0.717) is 11.4 Å². The van der Waals surface area contributed by atoms with Crippen molar-refractivity contribution in [2.24, 2.45) is 0 Å². The van der Waals surface area contributed by atoms with Crippen LogP contribution < -0.4 is 10.7 Å². The third-order valence-electron chi connectivity index (χ3n) is 3.35. The molecular weight excluding hydrogens is 244 g/mol. The van der Waals surface area contributed by atoms with E-state index in [1.165, 1.54) is 12.5 Å². The largest absolute Gasteiger partial charge is 0.364 e. The van der Waals surface area contributed by atoms with Crippen LogP contribution in [0.15, 0.2) is 21.6 Å². The summed E-state index contributed by atoms with van der Waals surface area (Å²) in [6, 6.07) is 1.66. The second kappa shape index (κ2) is 4.97. The van der Waals surface area contributed by atoms with Crippen molar-refractivity contribution in [1.29, 1.82) is 0 Å². The first kappa shape index (κ1) is 12.1. The fraction of sp³-hybridized carbons (Fsp3) is 0.462. The number of rotatable bonds is 2. The van der Waals surface area contributed by atoms with E-state index in [9.17, 15) is 4.79 Å². The Morgan fingerprint density at radius 3 is 3.05 bits per heavy atom. The van der Waals surface area contributed by atoms with Crippen LogP contribution in [0, 0.1) is 6.92 Å². The Kier molecular flexibility index (Phi) is 3.16. The van der Waals surface area contributed by atoms with Gasteiger partial charge in [0.05, 0.1) is 6.04 Å². The highest BCUT2D eigenvalue weighted by Crippen LogP contribution is 2.22. The molecule has 2 N–H and O–H groups in total. The van der Waals surface area contributed by atoms with E-state index in [1.54, 1.807) is 6.20 Å². The Morgan fingerprint density at radius 1 is 1.42 bits per heavy atom. The van der Waals surface area contributed by atoms with Crippen molar-refractivity contribution in [1.82, 2.24) is 20.4 Å². The fourth-order valence-corrected chi connectivity index (χ4v) is 2.30. The number of hydrogen-bond acceptors (Lipinski definition) is 5. The lowest BCUT2D eigenvalue weighted by molar-refractivity contribution is 0.367. The topological polar surface area (TPSA) is 83.8 Å². The highest BCUT2D eigenvalue weighted by Gasteiger charge is 2.21. The van der Waals surface area contributed by atoms with Crippen molar-refractivity contribution in [2.75, 3.05) is 6.54 Å². The van der Waals surface area contributed by atoms with E-state index < -0.39 is 0 Å². The van der Waals surface area contributed by atoms with Gasteiger partial charge in [-0.3, -0.25) is 4.79 Å². The van der Waals surface area contributed by atoms with Crippen molar-refractivity contribution in [3.63, 3.8) is 0 Å². The average Bonchev–Trinajstić information content (AvgIpc) is 2.89. The van der Waals surface area contributed by atoms with Crippen LogP contribution in [0.2, 0.25) is 0 Å². The number of H-pyrrole nitrogens is 1. The maximum atomic E-state index is 11.9. The van der Waals surface area contributed by atoms with Crippen LogP contribution in [0.1, 0.15) is 36.8 Å². The van der Waals surface area contributed by atoms with Gasteiger partial charge >= 0.3 is 0 Å². The van der Waals surface area contributed by atoms with Crippen LogP contribution in [0.3, 0.4) is 0 Å². The summed E-state index contributed by atoms with van der Waals surface area (Å²) in [5.74, 6) is 0.915. The number of aromatic nitrogens is 3. The summed E-state index contributed by atoms with van der Waals surface area (Å²) in [6.07, 6.45) is 4.96. The third-order valence-corrected chi connectivity index (χ3v) is 3.35. The van der Waals surface area contributed by atoms with Crippen molar-refractivity contribution in [3.8, 4) is 11.5 Å². The van der Waals surface area contributed by atoms with Gasteiger partial charge < -0.3 is 14.8 Å². The van der Waals surface area contributed by atoms with Gasteiger partial charge in [0.1, 0.15) is 5.56 Å². The molecule has 0 radical (unpaired) electrons. The second-order valence-corrected chi connectivity index (χ2v) is 4.85. The number of hydrogen-bond donors (Lipinski definition) is 2. The maximum absolute atomic E-state index is 11.9. The quantitative estimate of drug-likeness (QED) is 0.855. The predicted molar refractivity (Wildman–Crippen MR) is 69.7 cm³/mol. The zero-order valence-electron chi connectivity index (χ0n) is 10.8. The summed E-state index contributed by atoms with van der Waals surface area (Å²) >= 11 is 0. The van der Waals surface area contributed by atoms with Crippen molar-refractivity contribution in [2.45, 2.75) is 32.2 Å².